The van der Waals surface area contributed by atoms with Gasteiger partial charge in [-0.15, -0.1) is 0 Å². The molecule has 0 unspecified atom stereocenters. The van der Waals surface area contributed by atoms with Crippen LogP contribution in [0.3, 0.4) is 0 Å². The van der Waals surface area contributed by atoms with Crippen molar-refractivity contribution in [1.82, 2.24) is 0 Å². The maximum absolute atomic E-state index is 6.32. The lowest BCUT2D eigenvalue weighted by Crippen LogP contribution is -2.35. The predicted octanol–water partition coefficient (Wildman–Crippen LogP) is 3.50. The normalized spacial score (nSPS) is 11.4. The van der Waals surface area contributed by atoms with Gasteiger partial charge in [0.15, 0.2) is 0 Å². The molecule has 1 nitrogen and oxygen atoms in total. The van der Waals surface area contributed by atoms with E-state index in [4.69, 9.17) is 7.05 Å². The van der Waals surface area contributed by atoms with Gasteiger partial charge < -0.3 is 4.48 Å². The molecule has 0 fully saturated rings. The third-order valence-electron chi connectivity index (χ3n) is 2.77. The molecule has 2 aromatic rings. The van der Waals surface area contributed by atoms with E-state index in [0.29, 0.717) is 4.48 Å². The van der Waals surface area contributed by atoms with E-state index < -0.39 is 0 Å². The lowest BCUT2D eigenvalue weighted by molar-refractivity contribution is -0.893. The second-order valence-corrected chi connectivity index (χ2v) is 4.77. The van der Waals surface area contributed by atoms with Gasteiger partial charge in [-0.25, -0.2) is 7.05 Å². The predicted molar refractivity (Wildman–Crippen MR) is 70.8 cm³/mol. The van der Waals surface area contributed by atoms with Crippen molar-refractivity contribution >= 4 is 0 Å². The minimum absolute atomic E-state index is 0.480. The Morgan fingerprint density at radius 1 is 0.765 bits per heavy atom. The molecule has 1 heteroatoms. The molecule has 0 aromatic heterocycles. The van der Waals surface area contributed by atoms with Crippen LogP contribution in [0.5, 0.6) is 0 Å². The quantitative estimate of drug-likeness (QED) is 0.551. The minimum atomic E-state index is 0.480. The van der Waals surface area contributed by atoms with Crippen LogP contribution >= 0.6 is 0 Å². The first kappa shape index (κ1) is 11.9. The number of nitrogens with zero attached hydrogens (tertiary/aromatic N) is 1. The first-order valence-corrected chi connectivity index (χ1v) is 5.87. The van der Waals surface area contributed by atoms with E-state index >= 15 is 0 Å². The van der Waals surface area contributed by atoms with Crippen LogP contribution in [-0.2, 0) is 13.1 Å². The van der Waals surface area contributed by atoms with Gasteiger partial charge in [-0.3, -0.25) is 0 Å². The number of hydrogen-bond donors (Lipinski definition) is 0. The molecule has 0 bridgehead atoms. The van der Waals surface area contributed by atoms with Crippen LogP contribution in [-0.4, -0.2) is 11.5 Å². The van der Waals surface area contributed by atoms with Crippen molar-refractivity contribution in [2.45, 2.75) is 13.1 Å². The molecular weight excluding hydrogens is 206 g/mol. The van der Waals surface area contributed by atoms with E-state index in [1.165, 1.54) is 11.1 Å². The molecule has 2 rings (SSSR count). The monoisotopic (exact) mass is 224 g/mol. The fourth-order valence-corrected chi connectivity index (χ4v) is 2.06. The average Bonchev–Trinajstić information content (AvgIpc) is 2.30. The number of hydrogen-bond acceptors (Lipinski definition) is 0. The molecule has 2 aromatic carbocycles. The van der Waals surface area contributed by atoms with Crippen molar-refractivity contribution in [3.05, 3.63) is 78.8 Å². The average molecular weight is 224 g/mol. The van der Waals surface area contributed by atoms with Crippen molar-refractivity contribution < 1.29 is 4.48 Å². The largest absolute Gasteiger partial charge is 0.472 e. The number of quaternary nitrogens is 1. The summed E-state index contributed by atoms with van der Waals surface area (Å²) in [5.74, 6) is 0. The highest BCUT2D eigenvalue weighted by molar-refractivity contribution is 5.15. The summed E-state index contributed by atoms with van der Waals surface area (Å²) in [5.41, 5.74) is 2.54. The Balaban J connectivity index is 2.04. The molecule has 1 radical (unpaired) electrons. The maximum atomic E-state index is 6.32. The van der Waals surface area contributed by atoms with Crippen molar-refractivity contribution in [3.8, 4) is 0 Å². The molecular formula is C16H18N. The van der Waals surface area contributed by atoms with Crippen LogP contribution in [0.4, 0.5) is 0 Å². The molecule has 87 valence electrons. The number of benzene rings is 2. The van der Waals surface area contributed by atoms with E-state index in [9.17, 15) is 0 Å². The van der Waals surface area contributed by atoms with E-state index in [-0.39, 0.29) is 0 Å². The Morgan fingerprint density at radius 2 is 1.12 bits per heavy atom. The third kappa shape index (κ3) is 3.72. The van der Waals surface area contributed by atoms with Crippen molar-refractivity contribution in [3.63, 3.8) is 0 Å². The first-order chi connectivity index (χ1) is 8.16. The zero-order chi connectivity index (χ0) is 12.1. The highest BCUT2D eigenvalue weighted by atomic mass is 15.3. The molecule has 0 heterocycles. The summed E-state index contributed by atoms with van der Waals surface area (Å²) in [5, 5.41) is 0. The Bertz CT molecular complexity index is 402. The highest BCUT2D eigenvalue weighted by Gasteiger charge is 2.09. The summed E-state index contributed by atoms with van der Waals surface area (Å²) in [6.45, 7) is 1.69. The summed E-state index contributed by atoms with van der Waals surface area (Å²) in [6, 6.07) is 20.7. The standard InChI is InChI=1S/C16H18N/c1-17(2,13-15-9-5-3-6-10-15)14-16-11-7-4-8-12-16/h1,3-12H,13-14H2,2H3. The van der Waals surface area contributed by atoms with Gasteiger partial charge in [0.2, 0.25) is 0 Å². The van der Waals surface area contributed by atoms with Crippen LogP contribution in [0.2, 0.25) is 0 Å². The van der Waals surface area contributed by atoms with Gasteiger partial charge in [-0.2, -0.15) is 0 Å². The molecule has 0 N–H and O–H groups in total. The molecule has 0 saturated carbocycles. The summed E-state index contributed by atoms with van der Waals surface area (Å²) >= 11 is 0. The van der Waals surface area contributed by atoms with E-state index in [1.54, 1.807) is 0 Å². The fourth-order valence-electron chi connectivity index (χ4n) is 2.06. The van der Waals surface area contributed by atoms with E-state index in [0.717, 1.165) is 13.1 Å². The maximum Gasteiger partial charge on any atom is 0.0788 e. The van der Waals surface area contributed by atoms with E-state index in [1.807, 2.05) is 12.1 Å². The van der Waals surface area contributed by atoms with E-state index in [2.05, 4.69) is 55.6 Å². The smallest absolute Gasteiger partial charge is 0.0788 e. The zero-order valence-corrected chi connectivity index (χ0v) is 10.2. The Hall–Kier alpha value is -1.60. The molecule has 0 aliphatic heterocycles. The van der Waals surface area contributed by atoms with Crippen LogP contribution in [0.1, 0.15) is 11.1 Å². The molecule has 17 heavy (non-hydrogen) atoms. The van der Waals surface area contributed by atoms with Gasteiger partial charge in [0.25, 0.3) is 0 Å². The lowest BCUT2D eigenvalue weighted by Gasteiger charge is -2.40. The topological polar surface area (TPSA) is 0 Å². The molecule has 0 aliphatic rings. The van der Waals surface area contributed by atoms with Crippen LogP contribution in [0.15, 0.2) is 60.7 Å². The summed E-state index contributed by atoms with van der Waals surface area (Å²) in [6.07, 6.45) is 0. The molecule has 0 amide bonds. The Morgan fingerprint density at radius 3 is 1.47 bits per heavy atom. The Labute approximate surface area is 104 Å². The van der Waals surface area contributed by atoms with Gasteiger partial charge in [-0.05, 0) is 0 Å². The first-order valence-electron chi connectivity index (χ1n) is 5.87. The molecule has 0 saturated heterocycles. The second kappa shape index (κ2) is 5.15. The number of rotatable bonds is 4. The van der Waals surface area contributed by atoms with Crippen molar-refractivity contribution in [2.24, 2.45) is 0 Å². The van der Waals surface area contributed by atoms with Gasteiger partial charge in [0, 0.05) is 18.2 Å². The van der Waals surface area contributed by atoms with Crippen molar-refractivity contribution in [2.75, 3.05) is 7.05 Å². The summed E-state index contributed by atoms with van der Waals surface area (Å²) < 4.78 is 0.480. The highest BCUT2D eigenvalue weighted by Crippen LogP contribution is 2.15. The van der Waals surface area contributed by atoms with Crippen LogP contribution in [0, 0.1) is 7.05 Å². The minimum Gasteiger partial charge on any atom is -0.472 e. The van der Waals surface area contributed by atoms with Gasteiger partial charge in [0.05, 0.1) is 13.1 Å². The van der Waals surface area contributed by atoms with Gasteiger partial charge in [-0.1, -0.05) is 60.7 Å². The van der Waals surface area contributed by atoms with Gasteiger partial charge in [0.1, 0.15) is 0 Å². The van der Waals surface area contributed by atoms with Crippen LogP contribution < -0.4 is 0 Å². The van der Waals surface area contributed by atoms with Gasteiger partial charge >= 0.3 is 0 Å². The molecule has 0 spiro atoms. The summed E-state index contributed by atoms with van der Waals surface area (Å²) in [7, 11) is 8.37. The SMILES string of the molecule is [CH-][N+](C)(Cc1ccccc1)Cc1ccccc1. The fraction of sp³-hybridized carbons (Fsp3) is 0.188. The third-order valence-corrected chi connectivity index (χ3v) is 2.77. The zero-order valence-electron chi connectivity index (χ0n) is 10.2. The Kier molecular flexibility index (Phi) is 3.60. The van der Waals surface area contributed by atoms with Crippen molar-refractivity contribution in [1.29, 1.82) is 0 Å². The molecule has 0 aliphatic carbocycles. The second-order valence-electron chi connectivity index (χ2n) is 4.77. The summed E-state index contributed by atoms with van der Waals surface area (Å²) in [4.78, 5) is 0. The molecule has 0 atom stereocenters. The lowest BCUT2D eigenvalue weighted by atomic mass is 10.1. The van der Waals surface area contributed by atoms with Crippen LogP contribution in [0.25, 0.3) is 0 Å².